The number of anilines is 3. The predicted molar refractivity (Wildman–Crippen MR) is 151 cm³/mol. The fraction of sp³-hybridized carbons (Fsp3) is 0.429. The van der Waals surface area contributed by atoms with E-state index < -0.39 is 5.82 Å². The van der Waals surface area contributed by atoms with Crippen LogP contribution in [0.4, 0.5) is 21.7 Å². The van der Waals surface area contributed by atoms with Gasteiger partial charge >= 0.3 is 0 Å². The number of nitrogens with one attached hydrogen (secondary N) is 4. The predicted octanol–water partition coefficient (Wildman–Crippen LogP) is 3.65. The summed E-state index contributed by atoms with van der Waals surface area (Å²) in [5.41, 5.74) is 2.64. The first-order valence-electron chi connectivity index (χ1n) is 13.7. The number of carbonyl (C=O) groups is 1. The highest BCUT2D eigenvalue weighted by Crippen LogP contribution is 2.35. The van der Waals surface area contributed by atoms with E-state index in [2.05, 4.69) is 47.8 Å². The lowest BCUT2D eigenvalue weighted by Gasteiger charge is -2.32. The lowest BCUT2D eigenvalue weighted by molar-refractivity contribution is -0.121. The second kappa shape index (κ2) is 10.9. The monoisotopic (exact) mass is 547 g/mol. The van der Waals surface area contributed by atoms with Gasteiger partial charge in [0.25, 0.3) is 5.88 Å². The molecule has 0 bridgehead atoms. The third kappa shape index (κ3) is 4.77. The van der Waals surface area contributed by atoms with Gasteiger partial charge in [-0.15, -0.1) is 5.10 Å². The normalized spacial score (nSPS) is 21.2. The van der Waals surface area contributed by atoms with Gasteiger partial charge in [0.05, 0.1) is 36.7 Å². The number of nitrogens with zero attached hydrogens (tertiary/aromatic N) is 5. The molecule has 0 radical (unpaired) electrons. The van der Waals surface area contributed by atoms with E-state index in [0.717, 1.165) is 50.5 Å². The topological polar surface area (TPSA) is 125 Å². The Bertz CT molecular complexity index is 1530. The Morgan fingerprint density at radius 2 is 2.15 bits per heavy atom. The van der Waals surface area contributed by atoms with Crippen molar-refractivity contribution in [3.8, 4) is 17.1 Å². The Kier molecular flexibility index (Phi) is 7.11. The van der Waals surface area contributed by atoms with E-state index in [1.807, 2.05) is 18.2 Å². The molecule has 6 rings (SSSR count). The van der Waals surface area contributed by atoms with Crippen molar-refractivity contribution in [3.05, 3.63) is 42.6 Å². The lowest BCUT2D eigenvalue weighted by atomic mass is 9.98. The van der Waals surface area contributed by atoms with Crippen molar-refractivity contribution in [2.75, 3.05) is 37.4 Å². The number of amides is 1. The summed E-state index contributed by atoms with van der Waals surface area (Å²) in [5.74, 6) is 0.572. The number of fused-ring (bicyclic) bond motifs is 1. The first kappa shape index (κ1) is 26.2. The van der Waals surface area contributed by atoms with Crippen LogP contribution in [0.15, 0.2) is 36.8 Å². The zero-order chi connectivity index (χ0) is 27.8. The van der Waals surface area contributed by atoms with Crippen molar-refractivity contribution < 1.29 is 13.9 Å². The number of aromatic nitrogens is 5. The Hall–Kier alpha value is -4.03. The van der Waals surface area contributed by atoms with Gasteiger partial charge in [0, 0.05) is 36.8 Å². The smallest absolute Gasteiger partial charge is 0.256 e. The lowest BCUT2D eigenvalue weighted by Crippen LogP contribution is -2.48. The van der Waals surface area contributed by atoms with Gasteiger partial charge in [0.2, 0.25) is 11.9 Å². The van der Waals surface area contributed by atoms with E-state index in [0.29, 0.717) is 40.3 Å². The number of hydrogen-bond donors (Lipinski definition) is 4. The van der Waals surface area contributed by atoms with Crippen LogP contribution in [0.1, 0.15) is 26.2 Å². The maximum Gasteiger partial charge on any atom is 0.256 e. The van der Waals surface area contributed by atoms with Crippen molar-refractivity contribution >= 4 is 34.1 Å². The fourth-order valence-electron chi connectivity index (χ4n) is 6.10. The van der Waals surface area contributed by atoms with E-state index in [9.17, 15) is 4.79 Å². The Morgan fingerprint density at radius 1 is 1.27 bits per heavy atom. The molecule has 0 spiro atoms. The van der Waals surface area contributed by atoms with Crippen LogP contribution in [0.3, 0.4) is 0 Å². The van der Waals surface area contributed by atoms with Crippen molar-refractivity contribution in [2.45, 2.75) is 38.3 Å². The molecular weight excluding hydrogens is 513 g/mol. The zero-order valence-corrected chi connectivity index (χ0v) is 22.9. The molecule has 0 saturated carbocycles. The number of hydrogen-bond acceptors (Lipinski definition) is 8. The standard InChI is InChI=1S/C28H34FN9O2/c1-4-16-11-30-14-23(16)38-10-6-9-22(38)26(39)33-20-8-5-7-17-18(12-31-25(17)20)24-19(29)13-32-28(35-24)34-21-15-37(2)36-27(21)40-3/h5,7-8,12-13,15-16,22-23,30-31H,4,6,9-11,14H2,1-3H3,(H,33,39)(H,32,34,35). The maximum absolute atomic E-state index is 15.0. The summed E-state index contributed by atoms with van der Waals surface area (Å²) >= 11 is 0. The van der Waals surface area contributed by atoms with Crippen LogP contribution >= 0.6 is 0 Å². The van der Waals surface area contributed by atoms with Gasteiger partial charge < -0.3 is 25.7 Å². The molecule has 4 aromatic rings. The number of rotatable bonds is 8. The van der Waals surface area contributed by atoms with E-state index in [-0.39, 0.29) is 23.6 Å². The number of methoxy groups -OCH3 is 1. The molecule has 1 amide bonds. The Balaban J connectivity index is 1.26. The molecule has 2 saturated heterocycles. The second-order valence-electron chi connectivity index (χ2n) is 10.5. The number of H-pyrrole nitrogens is 1. The van der Waals surface area contributed by atoms with Crippen molar-refractivity contribution in [1.82, 2.24) is 34.9 Å². The maximum atomic E-state index is 15.0. The van der Waals surface area contributed by atoms with E-state index in [1.54, 1.807) is 24.1 Å². The van der Waals surface area contributed by atoms with Crippen LogP contribution in [0.25, 0.3) is 22.2 Å². The van der Waals surface area contributed by atoms with Gasteiger partial charge in [0.1, 0.15) is 11.4 Å². The minimum absolute atomic E-state index is 0.00646. The number of likely N-dealkylation sites (tertiary alicyclic amines) is 1. The highest BCUT2D eigenvalue weighted by atomic mass is 19.1. The molecule has 3 unspecified atom stereocenters. The molecule has 5 heterocycles. The van der Waals surface area contributed by atoms with Gasteiger partial charge in [-0.3, -0.25) is 14.4 Å². The molecule has 2 aliphatic heterocycles. The average Bonchev–Trinajstić information content (AvgIpc) is 3.75. The summed E-state index contributed by atoms with van der Waals surface area (Å²) in [5, 5.41) is 14.7. The van der Waals surface area contributed by atoms with Crippen molar-refractivity contribution in [2.24, 2.45) is 13.0 Å². The number of ether oxygens (including phenoxy) is 1. The molecule has 2 aliphatic rings. The zero-order valence-electron chi connectivity index (χ0n) is 22.9. The van der Waals surface area contributed by atoms with Crippen LogP contribution in [-0.2, 0) is 11.8 Å². The summed E-state index contributed by atoms with van der Waals surface area (Å²) < 4.78 is 21.9. The molecule has 3 atom stereocenters. The van der Waals surface area contributed by atoms with Gasteiger partial charge in [-0.25, -0.2) is 14.4 Å². The first-order valence-corrected chi connectivity index (χ1v) is 13.7. The summed E-state index contributed by atoms with van der Waals surface area (Å²) in [6.45, 7) is 5.08. The number of carbonyl (C=O) groups excluding carboxylic acids is 1. The van der Waals surface area contributed by atoms with Crippen molar-refractivity contribution in [1.29, 1.82) is 0 Å². The minimum atomic E-state index is -0.559. The summed E-state index contributed by atoms with van der Waals surface area (Å²) in [4.78, 5) is 27.7. The largest absolute Gasteiger partial charge is 0.478 e. The molecule has 0 aliphatic carbocycles. The molecule has 12 heteroatoms. The molecule has 210 valence electrons. The van der Waals surface area contributed by atoms with E-state index in [4.69, 9.17) is 4.74 Å². The number of para-hydroxylation sites is 1. The molecule has 40 heavy (non-hydrogen) atoms. The van der Waals surface area contributed by atoms with Crippen LogP contribution in [0.2, 0.25) is 0 Å². The molecular formula is C28H34FN9O2. The van der Waals surface area contributed by atoms with E-state index >= 15 is 4.39 Å². The highest BCUT2D eigenvalue weighted by Gasteiger charge is 2.40. The summed E-state index contributed by atoms with van der Waals surface area (Å²) in [6, 6.07) is 5.82. The van der Waals surface area contributed by atoms with Gasteiger partial charge in [-0.2, -0.15) is 0 Å². The van der Waals surface area contributed by atoms with Crippen LogP contribution in [-0.4, -0.2) is 74.4 Å². The van der Waals surface area contributed by atoms with Gasteiger partial charge in [-0.1, -0.05) is 25.5 Å². The van der Waals surface area contributed by atoms with Gasteiger partial charge in [0.15, 0.2) is 5.82 Å². The number of benzene rings is 1. The van der Waals surface area contributed by atoms with Crippen molar-refractivity contribution in [3.63, 3.8) is 0 Å². The van der Waals surface area contributed by atoms with Gasteiger partial charge in [-0.05, 0) is 37.9 Å². The van der Waals surface area contributed by atoms with Crippen LogP contribution < -0.4 is 20.7 Å². The molecule has 11 nitrogen and oxygen atoms in total. The molecule has 1 aromatic carbocycles. The minimum Gasteiger partial charge on any atom is -0.478 e. The van der Waals surface area contributed by atoms with E-state index in [1.165, 1.54) is 7.11 Å². The first-order chi connectivity index (χ1) is 19.5. The number of aryl methyl sites for hydroxylation is 1. The Labute approximate surface area is 231 Å². The highest BCUT2D eigenvalue weighted by molar-refractivity contribution is 6.06. The average molecular weight is 548 g/mol. The quantitative estimate of drug-likeness (QED) is 0.264. The molecule has 4 N–H and O–H groups in total. The number of halogens is 1. The fourth-order valence-corrected chi connectivity index (χ4v) is 6.10. The third-order valence-corrected chi connectivity index (χ3v) is 8.06. The summed E-state index contributed by atoms with van der Waals surface area (Å²) in [7, 11) is 3.29. The third-order valence-electron chi connectivity index (χ3n) is 8.06. The SMILES string of the molecule is CCC1CNCC1N1CCCC1C(=O)Nc1cccc2c(-c3nc(Nc4cn(C)nc4OC)ncc3F)c[nH]c12. The summed E-state index contributed by atoms with van der Waals surface area (Å²) in [6.07, 6.45) is 7.51. The molecule has 3 aromatic heterocycles. The van der Waals surface area contributed by atoms with Crippen LogP contribution in [0, 0.1) is 11.7 Å². The second-order valence-corrected chi connectivity index (χ2v) is 10.5. The van der Waals surface area contributed by atoms with Crippen LogP contribution in [0.5, 0.6) is 5.88 Å². The number of aromatic amines is 1. The Morgan fingerprint density at radius 3 is 2.98 bits per heavy atom. The molecule has 2 fully saturated rings.